The third-order valence-corrected chi connectivity index (χ3v) is 1.70. The molecule has 0 bridgehead atoms. The standard InChI is InChI=1S/C11H12N2O2/c1-11(2,8-12)15-13-10(14)9-6-4-3-5-7-9/h3-7H,1-2H3,(H,13,14). The lowest BCUT2D eigenvalue weighted by Crippen LogP contribution is -2.34. The number of hydroxylamine groups is 1. The molecule has 0 saturated heterocycles. The number of carbonyl (C=O) groups is 1. The molecule has 0 radical (unpaired) electrons. The molecule has 4 heteroatoms. The van der Waals surface area contributed by atoms with Crippen molar-refractivity contribution in [2.75, 3.05) is 0 Å². The van der Waals surface area contributed by atoms with Gasteiger partial charge in [0.2, 0.25) is 0 Å². The van der Waals surface area contributed by atoms with Gasteiger partial charge in [0, 0.05) is 5.56 Å². The second-order valence-electron chi connectivity index (χ2n) is 3.52. The van der Waals surface area contributed by atoms with Crippen LogP contribution in [0.15, 0.2) is 30.3 Å². The van der Waals surface area contributed by atoms with Crippen LogP contribution in [0.3, 0.4) is 0 Å². The Labute approximate surface area is 88.4 Å². The van der Waals surface area contributed by atoms with E-state index in [1.807, 2.05) is 12.1 Å². The van der Waals surface area contributed by atoms with Gasteiger partial charge in [0.15, 0.2) is 5.60 Å². The SMILES string of the molecule is CC(C)(C#N)ONC(=O)c1ccccc1. The molecule has 0 unspecified atom stereocenters. The fraction of sp³-hybridized carbons (Fsp3) is 0.273. The molecule has 0 spiro atoms. The highest BCUT2D eigenvalue weighted by molar-refractivity contribution is 5.93. The monoisotopic (exact) mass is 204 g/mol. The Morgan fingerprint density at radius 2 is 2.00 bits per heavy atom. The fourth-order valence-corrected chi connectivity index (χ4v) is 0.845. The number of nitriles is 1. The van der Waals surface area contributed by atoms with Crippen LogP contribution in [0.4, 0.5) is 0 Å². The van der Waals surface area contributed by atoms with Crippen LogP contribution in [-0.2, 0) is 4.84 Å². The van der Waals surface area contributed by atoms with E-state index in [4.69, 9.17) is 10.1 Å². The first-order valence-corrected chi connectivity index (χ1v) is 4.50. The Morgan fingerprint density at radius 1 is 1.40 bits per heavy atom. The maximum absolute atomic E-state index is 11.5. The quantitative estimate of drug-likeness (QED) is 0.761. The molecule has 0 saturated carbocycles. The zero-order valence-corrected chi connectivity index (χ0v) is 8.65. The summed E-state index contributed by atoms with van der Waals surface area (Å²) < 4.78 is 0. The zero-order chi connectivity index (χ0) is 11.3. The van der Waals surface area contributed by atoms with Gasteiger partial charge in [-0.3, -0.25) is 9.63 Å². The van der Waals surface area contributed by atoms with Gasteiger partial charge >= 0.3 is 0 Å². The minimum atomic E-state index is -1.02. The topological polar surface area (TPSA) is 62.1 Å². The van der Waals surface area contributed by atoms with Gasteiger partial charge in [-0.1, -0.05) is 18.2 Å². The van der Waals surface area contributed by atoms with E-state index in [1.165, 1.54) is 0 Å². The molecule has 0 aliphatic carbocycles. The van der Waals surface area contributed by atoms with Crippen molar-refractivity contribution in [3.8, 4) is 6.07 Å². The van der Waals surface area contributed by atoms with E-state index in [0.29, 0.717) is 5.56 Å². The van der Waals surface area contributed by atoms with Crippen molar-refractivity contribution in [3.05, 3.63) is 35.9 Å². The molecule has 0 heterocycles. The Bertz CT molecular complexity index is 379. The van der Waals surface area contributed by atoms with Crippen LogP contribution in [0.25, 0.3) is 0 Å². The third-order valence-electron chi connectivity index (χ3n) is 1.70. The minimum absolute atomic E-state index is 0.362. The van der Waals surface area contributed by atoms with Gasteiger partial charge in [0.05, 0.1) is 6.07 Å². The molecule has 15 heavy (non-hydrogen) atoms. The average Bonchev–Trinajstić information content (AvgIpc) is 2.27. The smallest absolute Gasteiger partial charge is 0.267 e. The van der Waals surface area contributed by atoms with Crippen LogP contribution in [0, 0.1) is 11.3 Å². The lowest BCUT2D eigenvalue weighted by molar-refractivity contribution is -0.0373. The number of hydrogen-bond acceptors (Lipinski definition) is 3. The molecule has 1 N–H and O–H groups in total. The maximum atomic E-state index is 11.5. The Hall–Kier alpha value is -1.86. The second-order valence-corrected chi connectivity index (χ2v) is 3.52. The number of hydrogen-bond donors (Lipinski definition) is 1. The van der Waals surface area contributed by atoms with Gasteiger partial charge in [0.1, 0.15) is 0 Å². The largest absolute Gasteiger partial charge is 0.274 e. The van der Waals surface area contributed by atoms with E-state index in [-0.39, 0.29) is 5.91 Å². The van der Waals surface area contributed by atoms with Crippen molar-refractivity contribution in [2.45, 2.75) is 19.4 Å². The summed E-state index contributed by atoms with van der Waals surface area (Å²) in [5.74, 6) is -0.362. The summed E-state index contributed by atoms with van der Waals surface area (Å²) in [4.78, 5) is 16.4. The number of nitrogens with one attached hydrogen (secondary N) is 1. The number of benzene rings is 1. The molecular weight excluding hydrogens is 192 g/mol. The van der Waals surface area contributed by atoms with Crippen molar-refractivity contribution < 1.29 is 9.63 Å². The summed E-state index contributed by atoms with van der Waals surface area (Å²) in [6, 6.07) is 10.6. The normalized spacial score (nSPS) is 10.5. The van der Waals surface area contributed by atoms with Gasteiger partial charge in [-0.15, -0.1) is 0 Å². The summed E-state index contributed by atoms with van der Waals surface area (Å²) in [6.45, 7) is 3.14. The highest BCUT2D eigenvalue weighted by Gasteiger charge is 2.19. The van der Waals surface area contributed by atoms with Crippen LogP contribution in [0.5, 0.6) is 0 Å². The van der Waals surface area contributed by atoms with Crippen molar-refractivity contribution >= 4 is 5.91 Å². The van der Waals surface area contributed by atoms with Crippen LogP contribution in [0.1, 0.15) is 24.2 Å². The van der Waals surface area contributed by atoms with Crippen molar-refractivity contribution in [2.24, 2.45) is 0 Å². The van der Waals surface area contributed by atoms with Crippen LogP contribution in [0.2, 0.25) is 0 Å². The minimum Gasteiger partial charge on any atom is -0.267 e. The molecule has 78 valence electrons. The predicted molar refractivity (Wildman–Crippen MR) is 54.7 cm³/mol. The first-order chi connectivity index (χ1) is 7.05. The van der Waals surface area contributed by atoms with Crippen LogP contribution >= 0.6 is 0 Å². The van der Waals surface area contributed by atoms with Crippen LogP contribution in [-0.4, -0.2) is 11.5 Å². The Balaban J connectivity index is 2.56. The van der Waals surface area contributed by atoms with Gasteiger partial charge in [-0.25, -0.2) is 5.48 Å². The second kappa shape index (κ2) is 4.58. The van der Waals surface area contributed by atoms with Crippen molar-refractivity contribution in [1.82, 2.24) is 5.48 Å². The molecule has 1 amide bonds. The van der Waals surface area contributed by atoms with E-state index in [2.05, 4.69) is 5.48 Å². The molecule has 0 atom stereocenters. The summed E-state index contributed by atoms with van der Waals surface area (Å²) in [5, 5.41) is 8.65. The number of amides is 1. The summed E-state index contributed by atoms with van der Waals surface area (Å²) in [7, 11) is 0. The fourth-order valence-electron chi connectivity index (χ4n) is 0.845. The molecule has 0 aliphatic rings. The average molecular weight is 204 g/mol. The van der Waals surface area contributed by atoms with Gasteiger partial charge in [-0.05, 0) is 26.0 Å². The zero-order valence-electron chi connectivity index (χ0n) is 8.65. The highest BCUT2D eigenvalue weighted by Crippen LogP contribution is 2.05. The maximum Gasteiger partial charge on any atom is 0.274 e. The number of rotatable bonds is 3. The lowest BCUT2D eigenvalue weighted by Gasteiger charge is -2.15. The predicted octanol–water partition coefficient (Wildman–Crippen LogP) is 1.65. The third kappa shape index (κ3) is 3.41. The first kappa shape index (κ1) is 11.2. The molecule has 1 aromatic rings. The Morgan fingerprint density at radius 3 is 2.53 bits per heavy atom. The summed E-state index contributed by atoms with van der Waals surface area (Å²) >= 11 is 0. The van der Waals surface area contributed by atoms with E-state index >= 15 is 0 Å². The molecule has 0 fully saturated rings. The Kier molecular flexibility index (Phi) is 3.42. The molecule has 4 nitrogen and oxygen atoms in total. The molecule has 0 aliphatic heterocycles. The van der Waals surface area contributed by atoms with Gasteiger partial charge in [0.25, 0.3) is 5.91 Å². The van der Waals surface area contributed by atoms with Crippen molar-refractivity contribution in [3.63, 3.8) is 0 Å². The van der Waals surface area contributed by atoms with E-state index < -0.39 is 5.60 Å². The number of carbonyl (C=O) groups excluding carboxylic acids is 1. The van der Waals surface area contributed by atoms with Crippen LogP contribution < -0.4 is 5.48 Å². The highest BCUT2D eigenvalue weighted by atomic mass is 16.7. The van der Waals surface area contributed by atoms with Gasteiger partial charge in [-0.2, -0.15) is 5.26 Å². The lowest BCUT2D eigenvalue weighted by atomic mass is 10.2. The molecular formula is C11H12N2O2. The number of nitrogens with zero attached hydrogens (tertiary/aromatic N) is 1. The van der Waals surface area contributed by atoms with E-state index in [9.17, 15) is 4.79 Å². The summed E-state index contributed by atoms with van der Waals surface area (Å²) in [5.41, 5.74) is 1.70. The molecule has 1 rings (SSSR count). The molecule has 0 aromatic heterocycles. The van der Waals surface area contributed by atoms with Gasteiger partial charge < -0.3 is 0 Å². The van der Waals surface area contributed by atoms with Crippen molar-refractivity contribution in [1.29, 1.82) is 5.26 Å². The van der Waals surface area contributed by atoms with E-state index in [0.717, 1.165) is 0 Å². The summed E-state index contributed by atoms with van der Waals surface area (Å²) in [6.07, 6.45) is 0. The first-order valence-electron chi connectivity index (χ1n) is 4.50. The van der Waals surface area contributed by atoms with E-state index in [1.54, 1.807) is 38.1 Å². The molecule has 1 aromatic carbocycles.